The summed E-state index contributed by atoms with van der Waals surface area (Å²) in [6, 6.07) is 17.3. The predicted molar refractivity (Wildman–Crippen MR) is 141 cm³/mol. The molecule has 3 aromatic carbocycles. The molecule has 0 amide bonds. The van der Waals surface area contributed by atoms with E-state index >= 15 is 0 Å². The number of hydrogen-bond acceptors (Lipinski definition) is 7. The van der Waals surface area contributed by atoms with Crippen LogP contribution < -0.4 is 23.5 Å². The van der Waals surface area contributed by atoms with Crippen molar-refractivity contribution < 1.29 is 36.5 Å². The lowest BCUT2D eigenvalue weighted by molar-refractivity contribution is -0.692. The second-order valence-corrected chi connectivity index (χ2v) is 11.0. The van der Waals surface area contributed by atoms with Crippen LogP contribution in [0.4, 0.5) is 0 Å². The molecule has 38 heavy (non-hydrogen) atoms. The SMILES string of the molecule is COc1ccc2cc3[n+](c(C(Cl)Cl)c2c1OC)CCc1cc2c(cc1-3)OCO2.O=S(=O)([O-])c1ccccc1. The number of benzene rings is 3. The molecular weight excluding hydrogens is 553 g/mol. The lowest BCUT2D eigenvalue weighted by Gasteiger charge is -2.21. The molecule has 11 heteroatoms. The first-order valence-electron chi connectivity index (χ1n) is 11.6. The minimum Gasteiger partial charge on any atom is -0.744 e. The lowest BCUT2D eigenvalue weighted by atomic mass is 9.94. The van der Waals surface area contributed by atoms with Crippen LogP contribution in [0.1, 0.15) is 16.1 Å². The highest BCUT2D eigenvalue weighted by atomic mass is 35.5. The van der Waals surface area contributed by atoms with Gasteiger partial charge in [0, 0.05) is 12.5 Å². The van der Waals surface area contributed by atoms with E-state index in [0.29, 0.717) is 11.5 Å². The van der Waals surface area contributed by atoms with E-state index in [0.717, 1.165) is 52.2 Å². The third-order valence-electron chi connectivity index (χ3n) is 6.43. The summed E-state index contributed by atoms with van der Waals surface area (Å²) < 4.78 is 55.3. The molecule has 0 fully saturated rings. The van der Waals surface area contributed by atoms with Gasteiger partial charge in [0.05, 0.1) is 30.1 Å². The quantitative estimate of drug-likeness (QED) is 0.188. The van der Waals surface area contributed by atoms with Gasteiger partial charge in [-0.05, 0) is 47.3 Å². The molecule has 2 aliphatic rings. The fraction of sp³-hybridized carbons (Fsp3) is 0.222. The van der Waals surface area contributed by atoms with Gasteiger partial charge in [0.25, 0.3) is 0 Å². The Labute approximate surface area is 230 Å². The maximum absolute atomic E-state index is 10.3. The minimum absolute atomic E-state index is 0.185. The van der Waals surface area contributed by atoms with Gasteiger partial charge in [-0.3, -0.25) is 0 Å². The van der Waals surface area contributed by atoms with Gasteiger partial charge >= 0.3 is 0 Å². The van der Waals surface area contributed by atoms with Crippen molar-refractivity contribution in [1.29, 1.82) is 0 Å². The van der Waals surface area contributed by atoms with Crippen molar-refractivity contribution in [2.75, 3.05) is 21.0 Å². The van der Waals surface area contributed by atoms with E-state index in [1.807, 2.05) is 18.2 Å². The fourth-order valence-electron chi connectivity index (χ4n) is 4.76. The van der Waals surface area contributed by atoms with E-state index < -0.39 is 15.0 Å². The zero-order valence-electron chi connectivity index (χ0n) is 20.4. The van der Waals surface area contributed by atoms with E-state index in [2.05, 4.69) is 16.7 Å². The second kappa shape index (κ2) is 10.5. The van der Waals surface area contributed by atoms with Gasteiger partial charge in [-0.2, -0.15) is 4.57 Å². The van der Waals surface area contributed by atoms with Crippen molar-refractivity contribution in [3.8, 4) is 34.3 Å². The van der Waals surface area contributed by atoms with Gasteiger partial charge in [-0.15, -0.1) is 0 Å². The maximum atomic E-state index is 10.3. The van der Waals surface area contributed by atoms with Crippen LogP contribution in [0.2, 0.25) is 0 Å². The Morgan fingerprint density at radius 3 is 2.29 bits per heavy atom. The van der Waals surface area contributed by atoms with Gasteiger partial charge in [-0.25, -0.2) is 8.42 Å². The summed E-state index contributed by atoms with van der Waals surface area (Å²) in [5.41, 5.74) is 4.16. The maximum Gasteiger partial charge on any atom is 0.231 e. The number of aryl methyl sites for hydroxylation is 1. The Balaban J connectivity index is 0.000000249. The summed E-state index contributed by atoms with van der Waals surface area (Å²) in [5, 5.41) is 1.85. The highest BCUT2D eigenvalue weighted by molar-refractivity contribution is 7.85. The van der Waals surface area contributed by atoms with Crippen molar-refractivity contribution in [1.82, 2.24) is 0 Å². The molecule has 198 valence electrons. The smallest absolute Gasteiger partial charge is 0.231 e. The number of alkyl halides is 2. The molecule has 0 atom stereocenters. The molecule has 1 aromatic heterocycles. The molecule has 0 bridgehead atoms. The highest BCUT2D eigenvalue weighted by Crippen LogP contribution is 2.44. The van der Waals surface area contributed by atoms with Crippen LogP contribution in [-0.4, -0.2) is 34.0 Å². The van der Waals surface area contributed by atoms with Gasteiger partial charge in [-0.1, -0.05) is 41.4 Å². The molecule has 0 unspecified atom stereocenters. The van der Waals surface area contributed by atoms with Crippen LogP contribution in [0.15, 0.2) is 65.6 Å². The third kappa shape index (κ3) is 4.82. The minimum atomic E-state index is -4.25. The zero-order chi connectivity index (χ0) is 27.0. The summed E-state index contributed by atoms with van der Waals surface area (Å²) >= 11 is 12.9. The number of fused-ring (bicyclic) bond motifs is 5. The predicted octanol–water partition coefficient (Wildman–Crippen LogP) is 5.16. The number of pyridine rings is 1. The molecule has 0 saturated carbocycles. The second-order valence-electron chi connectivity index (χ2n) is 8.51. The third-order valence-corrected chi connectivity index (χ3v) is 7.69. The molecule has 2 aliphatic heterocycles. The Kier molecular flexibility index (Phi) is 7.28. The zero-order valence-corrected chi connectivity index (χ0v) is 22.8. The summed E-state index contributed by atoms with van der Waals surface area (Å²) in [6.07, 6.45) is 0.842. The average molecular weight is 576 g/mol. The van der Waals surface area contributed by atoms with Crippen LogP contribution in [0.5, 0.6) is 23.0 Å². The average Bonchev–Trinajstić information content (AvgIpc) is 3.37. The van der Waals surface area contributed by atoms with Crippen molar-refractivity contribution in [3.05, 3.63) is 71.9 Å². The number of methoxy groups -OCH3 is 2. The van der Waals surface area contributed by atoms with E-state index in [1.165, 1.54) is 29.8 Å². The highest BCUT2D eigenvalue weighted by Gasteiger charge is 2.34. The number of nitrogens with zero attached hydrogens (tertiary/aromatic N) is 1. The first-order chi connectivity index (χ1) is 18.2. The first-order valence-corrected chi connectivity index (χ1v) is 13.8. The van der Waals surface area contributed by atoms with Crippen molar-refractivity contribution in [2.24, 2.45) is 0 Å². The molecule has 6 rings (SSSR count). The van der Waals surface area contributed by atoms with E-state index in [1.54, 1.807) is 20.3 Å². The molecule has 0 aliphatic carbocycles. The van der Waals surface area contributed by atoms with Crippen LogP contribution in [0.25, 0.3) is 22.0 Å². The van der Waals surface area contributed by atoms with Crippen LogP contribution >= 0.6 is 23.2 Å². The number of rotatable bonds is 4. The molecule has 3 heterocycles. The largest absolute Gasteiger partial charge is 0.744 e. The van der Waals surface area contributed by atoms with Gasteiger partial charge in [0.2, 0.25) is 18.2 Å². The summed E-state index contributed by atoms with van der Waals surface area (Å²) in [4.78, 5) is -0.908. The summed E-state index contributed by atoms with van der Waals surface area (Å²) in [7, 11) is -1.01. The van der Waals surface area contributed by atoms with E-state index in [4.69, 9.17) is 42.1 Å². The van der Waals surface area contributed by atoms with Gasteiger partial charge in [0.15, 0.2) is 34.4 Å². The standard InChI is InChI=1S/C21H18Cl2NO4.C6H6O3S/c1-25-15-4-3-12-7-14-13-9-17-16(27-10-28-17)8-11(13)5-6-24(14)19(21(22)23)18(12)20(15)26-2;7-10(8,9)6-4-2-1-3-5-6/h3-4,7-9,21H,5-6,10H2,1-2H3;1-5H,(H,7,8,9)/q+1;/p-1. The number of ether oxygens (including phenoxy) is 4. The van der Waals surface area contributed by atoms with Crippen molar-refractivity contribution in [3.63, 3.8) is 0 Å². The number of hydrogen-bond donors (Lipinski definition) is 0. The lowest BCUT2D eigenvalue weighted by Crippen LogP contribution is -2.44. The van der Waals surface area contributed by atoms with Crippen LogP contribution in [0, 0.1) is 0 Å². The Morgan fingerprint density at radius 1 is 0.974 bits per heavy atom. The summed E-state index contributed by atoms with van der Waals surface area (Å²) in [6.45, 7) is 1.01. The monoisotopic (exact) mass is 575 g/mol. The van der Waals surface area contributed by atoms with E-state index in [9.17, 15) is 13.0 Å². The van der Waals surface area contributed by atoms with Crippen molar-refractivity contribution >= 4 is 44.1 Å². The first kappa shape index (κ1) is 26.4. The molecular formula is C27H23Cl2NO7S. The molecule has 8 nitrogen and oxygen atoms in total. The Bertz CT molecular complexity index is 1630. The topological polar surface area (TPSA) is 98.0 Å². The molecule has 0 saturated heterocycles. The molecule has 0 spiro atoms. The van der Waals surface area contributed by atoms with Gasteiger partial charge in [0.1, 0.15) is 10.1 Å². The summed E-state index contributed by atoms with van der Waals surface area (Å²) in [5.74, 6) is 2.83. The van der Waals surface area contributed by atoms with Gasteiger partial charge < -0.3 is 23.5 Å². The van der Waals surface area contributed by atoms with Crippen LogP contribution in [-0.2, 0) is 23.1 Å². The Hall–Kier alpha value is -3.24. The fourth-order valence-corrected chi connectivity index (χ4v) is 5.70. The molecule has 0 radical (unpaired) electrons. The Morgan fingerprint density at radius 2 is 1.68 bits per heavy atom. The van der Waals surface area contributed by atoms with Crippen LogP contribution in [0.3, 0.4) is 0 Å². The normalized spacial score (nSPS) is 13.4. The molecule has 0 N–H and O–H groups in total. The molecule has 4 aromatic rings. The van der Waals surface area contributed by atoms with E-state index in [-0.39, 0.29) is 11.7 Å². The number of aromatic nitrogens is 1. The number of halogens is 2. The van der Waals surface area contributed by atoms with Crippen molar-refractivity contribution in [2.45, 2.75) is 22.7 Å².